The van der Waals surface area contributed by atoms with E-state index in [4.69, 9.17) is 27.9 Å². The average molecular weight is 421 g/mol. The number of anilines is 1. The highest BCUT2D eigenvalue weighted by Gasteiger charge is 2.16. The molecular weight excluding hydrogens is 407 g/mol. The van der Waals surface area contributed by atoms with E-state index in [1.165, 1.54) is 29.1 Å². The Morgan fingerprint density at radius 3 is 2.57 bits per heavy atom. The maximum absolute atomic E-state index is 12.2. The van der Waals surface area contributed by atoms with E-state index in [0.717, 1.165) is 0 Å². The van der Waals surface area contributed by atoms with Gasteiger partial charge in [0.15, 0.2) is 12.4 Å². The maximum atomic E-state index is 12.2. The predicted molar refractivity (Wildman–Crippen MR) is 105 cm³/mol. The number of aromatic nitrogens is 2. The predicted octanol–water partition coefficient (Wildman–Crippen LogP) is 4.16. The third-order valence-electron chi connectivity index (χ3n) is 3.77. The molecule has 3 rings (SSSR count). The summed E-state index contributed by atoms with van der Waals surface area (Å²) in [5.41, 5.74) is 0.454. The highest BCUT2D eigenvalue weighted by Crippen LogP contribution is 2.27. The number of nitro benzene ring substituents is 1. The first-order valence-electron chi connectivity index (χ1n) is 8.06. The summed E-state index contributed by atoms with van der Waals surface area (Å²) >= 11 is 12.3. The summed E-state index contributed by atoms with van der Waals surface area (Å²) in [6.07, 6.45) is 1.52. The second kappa shape index (κ2) is 8.73. The molecule has 0 saturated carbocycles. The molecule has 0 unspecified atom stereocenters. The zero-order valence-corrected chi connectivity index (χ0v) is 15.9. The van der Waals surface area contributed by atoms with Gasteiger partial charge in [-0.15, -0.1) is 0 Å². The van der Waals surface area contributed by atoms with E-state index in [9.17, 15) is 14.9 Å². The molecule has 1 aromatic heterocycles. The summed E-state index contributed by atoms with van der Waals surface area (Å²) in [5.74, 6) is -0.0729. The molecule has 1 heterocycles. The van der Waals surface area contributed by atoms with Gasteiger partial charge in [0, 0.05) is 27.7 Å². The van der Waals surface area contributed by atoms with E-state index < -0.39 is 17.4 Å². The first kappa shape index (κ1) is 19.7. The van der Waals surface area contributed by atoms with Crippen LogP contribution in [0.2, 0.25) is 10.0 Å². The lowest BCUT2D eigenvalue weighted by molar-refractivity contribution is -0.385. The summed E-state index contributed by atoms with van der Waals surface area (Å²) in [4.78, 5) is 22.6. The molecule has 1 N–H and O–H groups in total. The molecule has 3 aromatic rings. The molecule has 28 heavy (non-hydrogen) atoms. The van der Waals surface area contributed by atoms with Gasteiger partial charge in [-0.05, 0) is 18.2 Å². The normalized spacial score (nSPS) is 10.5. The molecule has 0 aliphatic heterocycles. The van der Waals surface area contributed by atoms with Crippen molar-refractivity contribution in [2.45, 2.75) is 6.54 Å². The van der Waals surface area contributed by atoms with E-state index >= 15 is 0 Å². The zero-order chi connectivity index (χ0) is 20.1. The summed E-state index contributed by atoms with van der Waals surface area (Å²) in [7, 11) is 0. The Morgan fingerprint density at radius 1 is 1.14 bits per heavy atom. The van der Waals surface area contributed by atoms with Crippen LogP contribution in [0.3, 0.4) is 0 Å². The van der Waals surface area contributed by atoms with Gasteiger partial charge in [0.1, 0.15) is 5.82 Å². The Morgan fingerprint density at radius 2 is 1.86 bits per heavy atom. The Bertz CT molecular complexity index is 1000. The number of nitro groups is 1. The molecule has 0 aliphatic rings. The number of hydrogen-bond donors (Lipinski definition) is 1. The van der Waals surface area contributed by atoms with Crippen molar-refractivity contribution < 1.29 is 14.5 Å². The fourth-order valence-corrected chi connectivity index (χ4v) is 2.97. The number of benzene rings is 2. The molecule has 0 bridgehead atoms. The first-order valence-corrected chi connectivity index (χ1v) is 8.82. The van der Waals surface area contributed by atoms with Gasteiger partial charge >= 0.3 is 5.69 Å². The number of rotatable bonds is 7. The summed E-state index contributed by atoms with van der Waals surface area (Å²) in [6.45, 7) is -0.144. The largest absolute Gasteiger partial charge is 0.477 e. The second-order valence-electron chi connectivity index (χ2n) is 5.64. The monoisotopic (exact) mass is 420 g/mol. The van der Waals surface area contributed by atoms with Crippen molar-refractivity contribution in [3.05, 3.63) is 80.5 Å². The van der Waals surface area contributed by atoms with Gasteiger partial charge in [-0.1, -0.05) is 41.4 Å². The van der Waals surface area contributed by atoms with Crippen LogP contribution in [0, 0.1) is 10.1 Å². The number of halogens is 2. The number of nitrogens with one attached hydrogen (secondary N) is 1. The maximum Gasteiger partial charge on any atom is 0.310 e. The zero-order valence-electron chi connectivity index (χ0n) is 14.3. The molecule has 0 saturated heterocycles. The van der Waals surface area contributed by atoms with Crippen LogP contribution in [-0.2, 0) is 11.3 Å². The van der Waals surface area contributed by atoms with Crippen molar-refractivity contribution in [2.75, 3.05) is 11.9 Å². The first-order chi connectivity index (χ1) is 13.5. The van der Waals surface area contributed by atoms with Crippen LogP contribution in [0.1, 0.15) is 5.56 Å². The van der Waals surface area contributed by atoms with Crippen LogP contribution in [0.15, 0.2) is 54.7 Å². The summed E-state index contributed by atoms with van der Waals surface area (Å²) < 4.78 is 6.80. The van der Waals surface area contributed by atoms with Gasteiger partial charge in [-0.3, -0.25) is 14.9 Å². The van der Waals surface area contributed by atoms with Gasteiger partial charge in [-0.2, -0.15) is 5.10 Å². The highest BCUT2D eigenvalue weighted by molar-refractivity contribution is 6.35. The van der Waals surface area contributed by atoms with E-state index in [2.05, 4.69) is 10.4 Å². The molecule has 0 spiro atoms. The number of para-hydroxylation sites is 2. The number of carbonyl (C=O) groups is 1. The summed E-state index contributed by atoms with van der Waals surface area (Å²) in [5, 5.41) is 18.8. The van der Waals surface area contributed by atoms with E-state index in [0.29, 0.717) is 21.4 Å². The van der Waals surface area contributed by atoms with Crippen LogP contribution in [0.4, 0.5) is 11.5 Å². The van der Waals surface area contributed by atoms with Gasteiger partial charge in [0.2, 0.25) is 0 Å². The molecule has 8 nitrogen and oxygen atoms in total. The molecular formula is C18H14Cl2N4O4. The van der Waals surface area contributed by atoms with Gasteiger partial charge in [0.05, 0.1) is 17.7 Å². The smallest absolute Gasteiger partial charge is 0.310 e. The van der Waals surface area contributed by atoms with Crippen molar-refractivity contribution in [2.24, 2.45) is 0 Å². The van der Waals surface area contributed by atoms with Crippen LogP contribution in [0.25, 0.3) is 0 Å². The minimum absolute atomic E-state index is 0.0130. The fraction of sp³-hybridized carbons (Fsp3) is 0.111. The SMILES string of the molecule is O=C(COc1ccccc1[N+](=O)[O-])Nc1ccnn1Cc1c(Cl)cccc1Cl. The van der Waals surface area contributed by atoms with E-state index in [1.807, 2.05) is 0 Å². The number of nitrogens with zero attached hydrogens (tertiary/aromatic N) is 3. The molecule has 0 radical (unpaired) electrons. The van der Waals surface area contributed by atoms with Crippen molar-refractivity contribution in [3.8, 4) is 5.75 Å². The molecule has 1 amide bonds. The van der Waals surface area contributed by atoms with Gasteiger partial charge < -0.3 is 10.1 Å². The van der Waals surface area contributed by atoms with Crippen LogP contribution >= 0.6 is 23.2 Å². The summed E-state index contributed by atoms with van der Waals surface area (Å²) in [6, 6.07) is 12.6. The molecule has 144 valence electrons. The van der Waals surface area contributed by atoms with E-state index in [1.54, 1.807) is 30.3 Å². The molecule has 0 fully saturated rings. The molecule has 0 aliphatic carbocycles. The van der Waals surface area contributed by atoms with E-state index in [-0.39, 0.29) is 18.0 Å². The lowest BCUT2D eigenvalue weighted by Crippen LogP contribution is -2.22. The molecule has 10 heteroatoms. The fourth-order valence-electron chi connectivity index (χ4n) is 2.45. The van der Waals surface area contributed by atoms with Crippen molar-refractivity contribution in [1.82, 2.24) is 9.78 Å². The number of hydrogen-bond acceptors (Lipinski definition) is 5. The average Bonchev–Trinajstić information content (AvgIpc) is 3.10. The lowest BCUT2D eigenvalue weighted by Gasteiger charge is -2.12. The van der Waals surface area contributed by atoms with Gasteiger partial charge in [-0.25, -0.2) is 4.68 Å². The number of carbonyl (C=O) groups excluding carboxylic acids is 1. The third-order valence-corrected chi connectivity index (χ3v) is 4.48. The molecule has 0 atom stereocenters. The van der Waals surface area contributed by atoms with Gasteiger partial charge in [0.25, 0.3) is 5.91 Å². The second-order valence-corrected chi connectivity index (χ2v) is 6.45. The van der Waals surface area contributed by atoms with Crippen LogP contribution < -0.4 is 10.1 Å². The topological polar surface area (TPSA) is 99.3 Å². The Labute approximate surface area is 169 Å². The van der Waals surface area contributed by atoms with Crippen LogP contribution in [-0.4, -0.2) is 27.2 Å². The third kappa shape index (κ3) is 4.59. The Kier molecular flexibility index (Phi) is 6.13. The minimum atomic E-state index is -0.574. The van der Waals surface area contributed by atoms with Crippen molar-refractivity contribution in [1.29, 1.82) is 0 Å². The minimum Gasteiger partial charge on any atom is -0.477 e. The van der Waals surface area contributed by atoms with Crippen LogP contribution in [0.5, 0.6) is 5.75 Å². The molecule has 2 aromatic carbocycles. The van der Waals surface area contributed by atoms with Crippen molar-refractivity contribution in [3.63, 3.8) is 0 Å². The van der Waals surface area contributed by atoms with Crippen molar-refractivity contribution >= 4 is 40.6 Å². The Hall–Kier alpha value is -3.10. The Balaban J connectivity index is 1.66. The highest BCUT2D eigenvalue weighted by atomic mass is 35.5. The number of ether oxygens (including phenoxy) is 1. The number of amides is 1. The lowest BCUT2D eigenvalue weighted by atomic mass is 10.2. The quantitative estimate of drug-likeness (QED) is 0.456. The standard InChI is InChI=1S/C18H14Cl2N4O4/c19-13-4-3-5-14(20)12(13)10-23-17(8-9-21-23)22-18(25)11-28-16-7-2-1-6-15(16)24(26)27/h1-9H,10-11H2,(H,22,25).